The molecule has 2 atom stereocenters. The molecule has 0 radical (unpaired) electrons. The number of nitrogens with zero attached hydrogens (tertiary/aromatic N) is 2. The third kappa shape index (κ3) is 4.98. The van der Waals surface area contributed by atoms with Crippen molar-refractivity contribution in [3.63, 3.8) is 0 Å². The molecular weight excluding hydrogens is 422 g/mol. The Morgan fingerprint density at radius 2 is 2.17 bits per heavy atom. The van der Waals surface area contributed by atoms with Crippen LogP contribution in [0.2, 0.25) is 5.02 Å². The Labute approximate surface area is 184 Å². The summed E-state index contributed by atoms with van der Waals surface area (Å²) in [6, 6.07) is 8.82. The number of benzene rings is 1. The second-order valence-electron chi connectivity index (χ2n) is 7.22. The third-order valence-electron chi connectivity index (χ3n) is 4.77. The van der Waals surface area contributed by atoms with Crippen molar-refractivity contribution in [2.45, 2.75) is 32.4 Å². The van der Waals surface area contributed by atoms with E-state index in [0.29, 0.717) is 29.5 Å². The van der Waals surface area contributed by atoms with Crippen LogP contribution in [0.3, 0.4) is 0 Å². The standard InChI is InChI=1S/C22H22ClN3O3S/c1-13-10-25-22(30-13)16-7-15(8-19(9-16)29-18-5-6-28-12-18)21(27)26-14(2)20-4-3-17(23)11-24-20/h3-4,7-11,14,18H,5-6,12H2,1-2H3,(H,26,27)/t14?,18-/m0/s1. The number of hydrogen-bond acceptors (Lipinski definition) is 6. The summed E-state index contributed by atoms with van der Waals surface area (Å²) < 4.78 is 11.5. The largest absolute Gasteiger partial charge is 0.488 e. The smallest absolute Gasteiger partial charge is 0.251 e. The number of ether oxygens (including phenoxy) is 2. The molecule has 0 spiro atoms. The van der Waals surface area contributed by atoms with Crippen LogP contribution >= 0.6 is 22.9 Å². The summed E-state index contributed by atoms with van der Waals surface area (Å²) in [4.78, 5) is 22.9. The fourth-order valence-corrected chi connectivity index (χ4v) is 4.07. The topological polar surface area (TPSA) is 73.3 Å². The van der Waals surface area contributed by atoms with Gasteiger partial charge in [-0.1, -0.05) is 11.6 Å². The van der Waals surface area contributed by atoms with Crippen LogP contribution in [0.4, 0.5) is 0 Å². The van der Waals surface area contributed by atoms with Crippen LogP contribution in [0.5, 0.6) is 5.75 Å². The number of amides is 1. The van der Waals surface area contributed by atoms with Gasteiger partial charge in [0.1, 0.15) is 16.9 Å². The SMILES string of the molecule is Cc1cnc(-c2cc(O[C@H]3CCOC3)cc(C(=O)NC(C)c3ccc(Cl)cn3)c2)s1. The van der Waals surface area contributed by atoms with E-state index >= 15 is 0 Å². The number of rotatable bonds is 6. The van der Waals surface area contributed by atoms with Gasteiger partial charge in [0.25, 0.3) is 5.91 Å². The molecule has 0 aliphatic carbocycles. The highest BCUT2D eigenvalue weighted by Crippen LogP contribution is 2.30. The Balaban J connectivity index is 1.59. The van der Waals surface area contributed by atoms with Crippen LogP contribution in [0.15, 0.2) is 42.7 Å². The predicted molar refractivity (Wildman–Crippen MR) is 117 cm³/mol. The Bertz CT molecular complexity index is 1030. The predicted octanol–water partition coefficient (Wildman–Crippen LogP) is 4.83. The molecule has 8 heteroatoms. The molecule has 1 fully saturated rings. The Hall–Kier alpha value is -2.48. The van der Waals surface area contributed by atoms with E-state index in [9.17, 15) is 4.79 Å². The van der Waals surface area contributed by atoms with Crippen molar-refractivity contribution >= 4 is 28.8 Å². The first-order valence-corrected chi connectivity index (χ1v) is 10.9. The first kappa shape index (κ1) is 20.8. The molecule has 3 heterocycles. The summed E-state index contributed by atoms with van der Waals surface area (Å²) in [5, 5.41) is 4.40. The van der Waals surface area contributed by atoms with E-state index in [0.717, 1.165) is 27.6 Å². The second-order valence-corrected chi connectivity index (χ2v) is 8.89. The van der Waals surface area contributed by atoms with E-state index in [1.807, 2.05) is 32.2 Å². The monoisotopic (exact) mass is 443 g/mol. The molecule has 6 nitrogen and oxygen atoms in total. The lowest BCUT2D eigenvalue weighted by atomic mass is 10.1. The lowest BCUT2D eigenvalue weighted by molar-refractivity contribution is 0.0938. The maximum Gasteiger partial charge on any atom is 0.251 e. The summed E-state index contributed by atoms with van der Waals surface area (Å²) in [6.45, 7) is 5.14. The minimum absolute atomic E-state index is 0.00798. The van der Waals surface area contributed by atoms with Gasteiger partial charge in [-0.25, -0.2) is 4.98 Å². The Morgan fingerprint density at radius 3 is 2.83 bits per heavy atom. The van der Waals surface area contributed by atoms with Gasteiger partial charge in [-0.3, -0.25) is 9.78 Å². The number of carbonyl (C=O) groups excluding carboxylic acids is 1. The van der Waals surface area contributed by atoms with E-state index in [1.165, 1.54) is 0 Å². The zero-order valence-electron chi connectivity index (χ0n) is 16.7. The van der Waals surface area contributed by atoms with Crippen LogP contribution in [-0.2, 0) is 4.74 Å². The Kier molecular flexibility index (Phi) is 6.32. The van der Waals surface area contributed by atoms with Crippen LogP contribution in [-0.4, -0.2) is 35.2 Å². The lowest BCUT2D eigenvalue weighted by Crippen LogP contribution is -2.27. The summed E-state index contributed by atoms with van der Waals surface area (Å²) in [6.07, 6.45) is 4.22. The van der Waals surface area contributed by atoms with E-state index in [-0.39, 0.29) is 18.1 Å². The van der Waals surface area contributed by atoms with E-state index < -0.39 is 0 Å². The minimum atomic E-state index is -0.270. The average molecular weight is 444 g/mol. The summed E-state index contributed by atoms with van der Waals surface area (Å²) >= 11 is 7.48. The molecule has 1 aromatic carbocycles. The van der Waals surface area contributed by atoms with Gasteiger partial charge in [-0.2, -0.15) is 0 Å². The molecule has 1 saturated heterocycles. The number of hydrogen-bond donors (Lipinski definition) is 1. The second kappa shape index (κ2) is 9.12. The van der Waals surface area contributed by atoms with Gasteiger partial charge in [0.15, 0.2) is 0 Å². The van der Waals surface area contributed by atoms with Gasteiger partial charge < -0.3 is 14.8 Å². The van der Waals surface area contributed by atoms with Crippen molar-refractivity contribution in [2.24, 2.45) is 0 Å². The molecular formula is C22H22ClN3O3S. The fourth-order valence-electron chi connectivity index (χ4n) is 3.21. The molecule has 0 saturated carbocycles. The number of thiazole rings is 1. The highest BCUT2D eigenvalue weighted by molar-refractivity contribution is 7.14. The highest BCUT2D eigenvalue weighted by atomic mass is 35.5. The van der Waals surface area contributed by atoms with Gasteiger partial charge in [0.05, 0.1) is 30.0 Å². The quantitative estimate of drug-likeness (QED) is 0.590. The van der Waals surface area contributed by atoms with Crippen molar-refractivity contribution in [3.8, 4) is 16.3 Å². The number of nitrogens with one attached hydrogen (secondary N) is 1. The van der Waals surface area contributed by atoms with Crippen LogP contribution in [0.1, 0.15) is 40.3 Å². The molecule has 1 aliphatic rings. The fraction of sp³-hybridized carbons (Fsp3) is 0.318. The molecule has 0 bridgehead atoms. The van der Waals surface area contributed by atoms with Gasteiger partial charge in [0.2, 0.25) is 0 Å². The van der Waals surface area contributed by atoms with Crippen LogP contribution < -0.4 is 10.1 Å². The minimum Gasteiger partial charge on any atom is -0.488 e. The maximum absolute atomic E-state index is 13.0. The van der Waals surface area contributed by atoms with Crippen molar-refractivity contribution in [2.75, 3.05) is 13.2 Å². The first-order chi connectivity index (χ1) is 14.5. The number of aryl methyl sites for hydroxylation is 1. The van der Waals surface area contributed by atoms with Gasteiger partial charge in [0, 0.05) is 34.8 Å². The van der Waals surface area contributed by atoms with E-state index in [4.69, 9.17) is 21.1 Å². The first-order valence-electron chi connectivity index (χ1n) is 9.72. The van der Waals surface area contributed by atoms with Gasteiger partial charge in [-0.15, -0.1) is 11.3 Å². The number of carbonyl (C=O) groups is 1. The summed E-state index contributed by atoms with van der Waals surface area (Å²) in [5.41, 5.74) is 2.10. The lowest BCUT2D eigenvalue weighted by Gasteiger charge is -2.16. The number of aromatic nitrogens is 2. The molecule has 3 aromatic rings. The zero-order chi connectivity index (χ0) is 21.1. The summed E-state index contributed by atoms with van der Waals surface area (Å²) in [7, 11) is 0. The molecule has 30 heavy (non-hydrogen) atoms. The molecule has 1 amide bonds. The van der Waals surface area contributed by atoms with Crippen molar-refractivity contribution in [1.82, 2.24) is 15.3 Å². The van der Waals surface area contributed by atoms with Crippen LogP contribution in [0.25, 0.3) is 10.6 Å². The Morgan fingerprint density at radius 1 is 1.30 bits per heavy atom. The summed E-state index contributed by atoms with van der Waals surface area (Å²) in [5.74, 6) is 0.431. The van der Waals surface area contributed by atoms with Crippen LogP contribution in [0, 0.1) is 6.92 Å². The molecule has 2 aromatic heterocycles. The normalized spacial score (nSPS) is 17.0. The van der Waals surface area contributed by atoms with Crippen molar-refractivity contribution < 1.29 is 14.3 Å². The van der Waals surface area contributed by atoms with Gasteiger partial charge in [-0.05, 0) is 44.2 Å². The molecule has 1 aliphatic heterocycles. The average Bonchev–Trinajstić information content (AvgIpc) is 3.40. The maximum atomic E-state index is 13.0. The number of pyridine rings is 1. The van der Waals surface area contributed by atoms with E-state index in [1.54, 1.807) is 35.7 Å². The zero-order valence-corrected chi connectivity index (χ0v) is 18.3. The van der Waals surface area contributed by atoms with Crippen molar-refractivity contribution in [3.05, 3.63) is 63.9 Å². The third-order valence-corrected chi connectivity index (χ3v) is 5.95. The van der Waals surface area contributed by atoms with Crippen molar-refractivity contribution in [1.29, 1.82) is 0 Å². The molecule has 4 rings (SSSR count). The number of halogens is 1. The molecule has 1 N–H and O–H groups in total. The molecule has 1 unspecified atom stereocenters. The van der Waals surface area contributed by atoms with E-state index in [2.05, 4.69) is 15.3 Å². The highest BCUT2D eigenvalue weighted by Gasteiger charge is 2.20. The van der Waals surface area contributed by atoms with Gasteiger partial charge >= 0.3 is 0 Å². The molecule has 156 valence electrons.